The highest BCUT2D eigenvalue weighted by Crippen LogP contribution is 2.31. The summed E-state index contributed by atoms with van der Waals surface area (Å²) in [5.74, 6) is 0.660. The number of hydrogen-bond donors (Lipinski definition) is 1. The molecule has 0 atom stereocenters. The zero-order chi connectivity index (χ0) is 21.6. The molecule has 150 valence electrons. The molecule has 0 aliphatic rings. The molecule has 0 amide bonds. The van der Waals surface area contributed by atoms with E-state index in [9.17, 15) is 10.5 Å². The molecule has 3 aromatic carbocycles. The Hall–Kier alpha value is -3.52. The lowest BCUT2D eigenvalue weighted by Crippen LogP contribution is -1.98. The van der Waals surface area contributed by atoms with Gasteiger partial charge in [-0.1, -0.05) is 36.4 Å². The van der Waals surface area contributed by atoms with E-state index < -0.39 is 0 Å². The number of H-pyrrole nitrogens is 1. The maximum atomic E-state index is 9.56. The normalized spacial score (nSPS) is 11.1. The van der Waals surface area contributed by atoms with Gasteiger partial charge in [-0.25, -0.2) is 4.98 Å². The third-order valence-electron chi connectivity index (χ3n) is 4.46. The zero-order valence-electron chi connectivity index (χ0n) is 16.2. The summed E-state index contributed by atoms with van der Waals surface area (Å²) in [4.78, 5) is 8.24. The summed E-state index contributed by atoms with van der Waals surface area (Å²) in [6.07, 6.45) is 1.80. The van der Waals surface area contributed by atoms with E-state index in [1.165, 1.54) is 11.8 Å². The SMILES string of the molecule is N#C/C(=C\c1ccc(OCc2ccccc2C#N)c(Br)c1)Sc1nc2ccccc2[nH]1. The van der Waals surface area contributed by atoms with Crippen LogP contribution in [0.15, 0.2) is 81.3 Å². The van der Waals surface area contributed by atoms with E-state index in [0.717, 1.165) is 26.6 Å². The van der Waals surface area contributed by atoms with Crippen LogP contribution < -0.4 is 4.74 Å². The minimum atomic E-state index is 0.295. The predicted octanol–water partition coefficient (Wildman–Crippen LogP) is 6.43. The highest BCUT2D eigenvalue weighted by Gasteiger charge is 2.09. The van der Waals surface area contributed by atoms with E-state index in [-0.39, 0.29) is 0 Å². The maximum Gasteiger partial charge on any atom is 0.171 e. The van der Waals surface area contributed by atoms with E-state index in [2.05, 4.69) is 38.0 Å². The van der Waals surface area contributed by atoms with Crippen LogP contribution in [0.2, 0.25) is 0 Å². The molecule has 0 aliphatic heterocycles. The molecule has 1 N–H and O–H groups in total. The molecule has 0 saturated carbocycles. The largest absolute Gasteiger partial charge is 0.488 e. The van der Waals surface area contributed by atoms with Gasteiger partial charge in [0, 0.05) is 5.56 Å². The molecule has 0 fully saturated rings. The van der Waals surface area contributed by atoms with Crippen molar-refractivity contribution in [2.75, 3.05) is 0 Å². The smallest absolute Gasteiger partial charge is 0.171 e. The van der Waals surface area contributed by atoms with Gasteiger partial charge >= 0.3 is 0 Å². The Morgan fingerprint density at radius 2 is 1.90 bits per heavy atom. The fraction of sp³-hybridized carbons (Fsp3) is 0.0417. The maximum absolute atomic E-state index is 9.56. The lowest BCUT2D eigenvalue weighted by molar-refractivity contribution is 0.304. The van der Waals surface area contributed by atoms with Crippen molar-refractivity contribution in [3.8, 4) is 17.9 Å². The first kappa shape index (κ1) is 20.7. The van der Waals surface area contributed by atoms with Crippen LogP contribution in [-0.4, -0.2) is 9.97 Å². The van der Waals surface area contributed by atoms with Gasteiger partial charge in [0.25, 0.3) is 0 Å². The number of imidazole rings is 1. The van der Waals surface area contributed by atoms with Crippen LogP contribution in [0.3, 0.4) is 0 Å². The van der Waals surface area contributed by atoms with E-state index in [1.807, 2.05) is 60.7 Å². The van der Waals surface area contributed by atoms with Crippen LogP contribution >= 0.6 is 27.7 Å². The van der Waals surface area contributed by atoms with E-state index in [1.54, 1.807) is 12.1 Å². The molecule has 1 heterocycles. The summed E-state index contributed by atoms with van der Waals surface area (Å²) in [6.45, 7) is 0.295. The number of aromatic nitrogens is 2. The quantitative estimate of drug-likeness (QED) is 0.250. The number of benzene rings is 3. The molecule has 7 heteroatoms. The number of nitrogens with one attached hydrogen (secondary N) is 1. The number of allylic oxidation sites excluding steroid dienone is 1. The lowest BCUT2D eigenvalue weighted by Gasteiger charge is -2.10. The summed E-state index contributed by atoms with van der Waals surface area (Å²) in [7, 11) is 0. The molecule has 0 bridgehead atoms. The molecule has 0 saturated heterocycles. The Kier molecular flexibility index (Phi) is 6.37. The number of halogens is 1. The molecule has 0 aliphatic carbocycles. The molecular weight excluding hydrogens is 472 g/mol. The Morgan fingerprint density at radius 1 is 1.10 bits per heavy atom. The Morgan fingerprint density at radius 3 is 2.68 bits per heavy atom. The fourth-order valence-corrected chi connectivity index (χ4v) is 4.22. The number of nitrogens with zero attached hydrogens (tertiary/aromatic N) is 3. The fourth-order valence-electron chi connectivity index (χ4n) is 2.95. The van der Waals surface area contributed by atoms with Crippen molar-refractivity contribution in [2.45, 2.75) is 11.8 Å². The lowest BCUT2D eigenvalue weighted by atomic mass is 10.1. The first-order chi connectivity index (χ1) is 15.2. The Labute approximate surface area is 192 Å². The van der Waals surface area contributed by atoms with Crippen molar-refractivity contribution >= 4 is 44.8 Å². The number of aromatic amines is 1. The van der Waals surface area contributed by atoms with Crippen molar-refractivity contribution in [2.24, 2.45) is 0 Å². The van der Waals surface area contributed by atoms with Gasteiger partial charge in [0.05, 0.1) is 32.0 Å². The predicted molar refractivity (Wildman–Crippen MR) is 125 cm³/mol. The van der Waals surface area contributed by atoms with Crippen molar-refractivity contribution in [1.82, 2.24) is 9.97 Å². The second-order valence-electron chi connectivity index (χ2n) is 6.53. The van der Waals surface area contributed by atoms with Gasteiger partial charge in [-0.2, -0.15) is 10.5 Å². The summed E-state index contributed by atoms with van der Waals surface area (Å²) in [5, 5.41) is 19.4. The van der Waals surface area contributed by atoms with Crippen LogP contribution in [0, 0.1) is 22.7 Å². The first-order valence-electron chi connectivity index (χ1n) is 9.31. The molecule has 0 unspecified atom stereocenters. The van der Waals surface area contributed by atoms with E-state index in [4.69, 9.17) is 4.74 Å². The monoisotopic (exact) mass is 486 g/mol. The number of fused-ring (bicyclic) bond motifs is 1. The number of para-hydroxylation sites is 2. The van der Waals surface area contributed by atoms with Gasteiger partial charge in [-0.3, -0.25) is 0 Å². The van der Waals surface area contributed by atoms with Crippen molar-refractivity contribution < 1.29 is 4.74 Å². The van der Waals surface area contributed by atoms with Crippen LogP contribution in [-0.2, 0) is 6.61 Å². The van der Waals surface area contributed by atoms with Crippen LogP contribution in [0.1, 0.15) is 16.7 Å². The summed E-state index contributed by atoms with van der Waals surface area (Å²) >= 11 is 4.82. The standard InChI is InChI=1S/C24H15BrN4OS/c25-20-12-16(9-10-23(20)30-15-18-6-2-1-5-17(18)13-26)11-19(14-27)31-24-28-21-7-3-4-8-22(21)29-24/h1-12H,15H2,(H,28,29)/b19-11+. The molecule has 0 radical (unpaired) electrons. The second kappa shape index (κ2) is 9.53. The summed E-state index contributed by atoms with van der Waals surface area (Å²) < 4.78 is 6.64. The minimum Gasteiger partial charge on any atom is -0.488 e. The Bertz CT molecular complexity index is 1330. The molecule has 4 rings (SSSR count). The summed E-state index contributed by atoms with van der Waals surface area (Å²) in [6, 6.07) is 25.1. The van der Waals surface area contributed by atoms with Crippen molar-refractivity contribution in [3.63, 3.8) is 0 Å². The minimum absolute atomic E-state index is 0.295. The topological polar surface area (TPSA) is 85.5 Å². The zero-order valence-corrected chi connectivity index (χ0v) is 18.6. The van der Waals surface area contributed by atoms with Crippen molar-refractivity contribution in [3.05, 3.63) is 92.8 Å². The van der Waals surface area contributed by atoms with E-state index >= 15 is 0 Å². The van der Waals surface area contributed by atoms with E-state index in [0.29, 0.717) is 28.0 Å². The van der Waals surface area contributed by atoms with Gasteiger partial charge in [0.15, 0.2) is 5.16 Å². The average Bonchev–Trinajstić information content (AvgIpc) is 3.20. The van der Waals surface area contributed by atoms with Gasteiger partial charge < -0.3 is 9.72 Å². The molecule has 0 spiro atoms. The molecule has 4 aromatic rings. The number of rotatable bonds is 6. The molecule has 1 aromatic heterocycles. The number of ether oxygens (including phenoxy) is 1. The molecule has 5 nitrogen and oxygen atoms in total. The highest BCUT2D eigenvalue weighted by molar-refractivity contribution is 9.10. The third kappa shape index (κ3) is 4.97. The van der Waals surface area contributed by atoms with Gasteiger partial charge in [-0.05, 0) is 69.7 Å². The first-order valence-corrected chi connectivity index (χ1v) is 10.9. The van der Waals surface area contributed by atoms with Crippen LogP contribution in [0.25, 0.3) is 17.1 Å². The highest BCUT2D eigenvalue weighted by atomic mass is 79.9. The third-order valence-corrected chi connectivity index (χ3v) is 5.89. The average molecular weight is 487 g/mol. The van der Waals surface area contributed by atoms with Crippen LogP contribution in [0.5, 0.6) is 5.75 Å². The number of hydrogen-bond acceptors (Lipinski definition) is 5. The van der Waals surface area contributed by atoms with Gasteiger partial charge in [0.2, 0.25) is 0 Å². The Balaban J connectivity index is 1.49. The number of thioether (sulfide) groups is 1. The van der Waals surface area contributed by atoms with Gasteiger partial charge in [0.1, 0.15) is 18.4 Å². The molecule has 31 heavy (non-hydrogen) atoms. The number of nitriles is 2. The molecular formula is C24H15BrN4OS. The second-order valence-corrected chi connectivity index (χ2v) is 8.41. The van der Waals surface area contributed by atoms with Crippen molar-refractivity contribution in [1.29, 1.82) is 10.5 Å². The van der Waals surface area contributed by atoms with Crippen LogP contribution in [0.4, 0.5) is 0 Å². The van der Waals surface area contributed by atoms with Gasteiger partial charge in [-0.15, -0.1) is 0 Å². The summed E-state index contributed by atoms with van der Waals surface area (Å²) in [5.41, 5.74) is 4.08.